The molecule has 0 bridgehead atoms. The molecule has 1 N–H and O–H groups in total. The van der Waals surface area contributed by atoms with Crippen LogP contribution in [-0.2, 0) is 4.79 Å². The van der Waals surface area contributed by atoms with Crippen LogP contribution in [0.2, 0.25) is 0 Å². The summed E-state index contributed by atoms with van der Waals surface area (Å²) in [5, 5.41) is 3.62. The van der Waals surface area contributed by atoms with Crippen LogP contribution in [0, 0.1) is 12.7 Å². The van der Waals surface area contributed by atoms with Gasteiger partial charge in [-0.3, -0.25) is 4.79 Å². The smallest absolute Gasteiger partial charge is 0.248 e. The van der Waals surface area contributed by atoms with E-state index in [1.165, 1.54) is 18.2 Å². The van der Waals surface area contributed by atoms with Crippen molar-refractivity contribution in [2.45, 2.75) is 13.8 Å². The molecule has 0 radical (unpaired) electrons. The summed E-state index contributed by atoms with van der Waals surface area (Å²) < 4.78 is 25.9. The van der Waals surface area contributed by atoms with Crippen molar-refractivity contribution in [1.29, 1.82) is 0 Å². The number of allylic oxidation sites excluding steroid dienone is 1. The first-order valence-electron chi connectivity index (χ1n) is 9.97. The van der Waals surface area contributed by atoms with Gasteiger partial charge in [0, 0.05) is 38.3 Å². The maximum atomic E-state index is 13.4. The number of carbonyl (C=O) groups is 1. The van der Waals surface area contributed by atoms with Gasteiger partial charge in [0.1, 0.15) is 17.1 Å². The fourth-order valence-corrected chi connectivity index (χ4v) is 4.17. The largest absolute Gasteiger partial charge is 0.496 e. The molecular weight excluding hydrogens is 473 g/mol. The van der Waals surface area contributed by atoms with Gasteiger partial charge in [0.25, 0.3) is 0 Å². The third-order valence-corrected chi connectivity index (χ3v) is 5.74. The van der Waals surface area contributed by atoms with E-state index >= 15 is 0 Å². The average Bonchev–Trinajstić information content (AvgIpc) is 3.18. The predicted octanol–water partition coefficient (Wildman–Crippen LogP) is 7.36. The number of furan rings is 1. The summed E-state index contributed by atoms with van der Waals surface area (Å²) in [6.45, 7) is 3.77. The number of nitrogens with one attached hydrogen (secondary N) is 1. The number of ether oxygens (including phenoxy) is 1. The molecule has 1 aromatic heterocycles. The number of carbonyl (C=O) groups excluding carboxylic acids is 1. The van der Waals surface area contributed by atoms with Gasteiger partial charge in [0.2, 0.25) is 5.91 Å². The van der Waals surface area contributed by atoms with E-state index in [0.717, 1.165) is 37.7 Å². The normalized spacial score (nSPS) is 11.6. The van der Waals surface area contributed by atoms with Crippen LogP contribution in [0.25, 0.3) is 27.7 Å². The molecule has 0 spiro atoms. The average molecular weight is 494 g/mol. The molecule has 0 fully saturated rings. The van der Waals surface area contributed by atoms with Crippen LogP contribution in [0.1, 0.15) is 18.1 Å². The predicted molar refractivity (Wildman–Crippen MR) is 129 cm³/mol. The Hall–Kier alpha value is -3.38. The van der Waals surface area contributed by atoms with Gasteiger partial charge >= 0.3 is 0 Å². The lowest BCUT2D eigenvalue weighted by Gasteiger charge is -2.13. The van der Waals surface area contributed by atoms with Crippen molar-refractivity contribution in [2.24, 2.45) is 0 Å². The number of hydrogen-bond donors (Lipinski definition) is 1. The molecule has 0 aliphatic carbocycles. The van der Waals surface area contributed by atoms with Crippen molar-refractivity contribution >= 4 is 44.1 Å². The van der Waals surface area contributed by atoms with Crippen molar-refractivity contribution in [3.8, 4) is 16.9 Å². The van der Waals surface area contributed by atoms with Crippen LogP contribution in [-0.4, -0.2) is 13.0 Å². The number of amides is 1. The number of hydrogen-bond acceptors (Lipinski definition) is 3. The lowest BCUT2D eigenvalue weighted by Crippen LogP contribution is -2.09. The molecular formula is C26H21BrFNO3. The van der Waals surface area contributed by atoms with Gasteiger partial charge in [0.05, 0.1) is 13.4 Å². The fraction of sp³-hybridized carbons (Fsp3) is 0.115. The summed E-state index contributed by atoms with van der Waals surface area (Å²) in [6, 6.07) is 15.7. The Morgan fingerprint density at radius 1 is 1.16 bits per heavy atom. The monoisotopic (exact) mass is 493 g/mol. The highest BCUT2D eigenvalue weighted by molar-refractivity contribution is 9.10. The van der Waals surface area contributed by atoms with Gasteiger partial charge < -0.3 is 14.5 Å². The number of fused-ring (bicyclic) bond motifs is 1. The standard InChI is InChI=1S/C26H21BrFNO3/c1-15(10-24(30)29-20-9-5-8-19(28)12-20)21-13-22-23(17-6-4-7-18(27)11-17)14-32-26(22)16(2)25(21)31-3/h4-14H,1-3H3,(H,29,30)/b15-10+. The van der Waals surface area contributed by atoms with Crippen LogP contribution >= 0.6 is 15.9 Å². The lowest BCUT2D eigenvalue weighted by atomic mass is 9.96. The van der Waals surface area contributed by atoms with Crippen LogP contribution < -0.4 is 10.1 Å². The molecule has 0 saturated carbocycles. The number of benzene rings is 3. The molecule has 1 amide bonds. The Morgan fingerprint density at radius 2 is 1.94 bits per heavy atom. The fourth-order valence-electron chi connectivity index (χ4n) is 3.77. The second-order valence-electron chi connectivity index (χ2n) is 7.45. The number of rotatable bonds is 5. The van der Waals surface area contributed by atoms with Gasteiger partial charge in [0.15, 0.2) is 0 Å². The van der Waals surface area contributed by atoms with E-state index < -0.39 is 5.82 Å². The second kappa shape index (κ2) is 9.01. The first kappa shape index (κ1) is 21.8. The SMILES string of the molecule is COc1c(/C(C)=C/C(=O)Nc2cccc(F)c2)cc2c(-c3cccc(Br)c3)coc2c1C. The van der Waals surface area contributed by atoms with E-state index in [4.69, 9.17) is 9.15 Å². The highest BCUT2D eigenvalue weighted by atomic mass is 79.9. The summed E-state index contributed by atoms with van der Waals surface area (Å²) >= 11 is 3.52. The van der Waals surface area contributed by atoms with Gasteiger partial charge in [-0.25, -0.2) is 4.39 Å². The molecule has 4 rings (SSSR count). The summed E-state index contributed by atoms with van der Waals surface area (Å²) in [6.07, 6.45) is 3.21. The topological polar surface area (TPSA) is 51.5 Å². The molecule has 3 aromatic carbocycles. The number of aryl methyl sites for hydroxylation is 1. The van der Waals surface area contributed by atoms with Crippen LogP contribution in [0.4, 0.5) is 10.1 Å². The third kappa shape index (κ3) is 4.32. The number of halogens is 2. The second-order valence-corrected chi connectivity index (χ2v) is 8.36. The first-order valence-corrected chi connectivity index (χ1v) is 10.8. The highest BCUT2D eigenvalue weighted by Crippen LogP contribution is 2.40. The van der Waals surface area contributed by atoms with E-state index in [-0.39, 0.29) is 5.91 Å². The van der Waals surface area contributed by atoms with Crippen LogP contribution in [0.5, 0.6) is 5.75 Å². The quantitative estimate of drug-likeness (QED) is 0.295. The molecule has 0 atom stereocenters. The van der Waals surface area contributed by atoms with E-state index in [1.807, 2.05) is 44.2 Å². The first-order chi connectivity index (χ1) is 15.4. The summed E-state index contributed by atoms with van der Waals surface area (Å²) in [7, 11) is 1.59. The van der Waals surface area contributed by atoms with Crippen LogP contribution in [0.3, 0.4) is 0 Å². The van der Waals surface area contributed by atoms with E-state index in [9.17, 15) is 9.18 Å². The minimum Gasteiger partial charge on any atom is -0.496 e. The zero-order valence-corrected chi connectivity index (χ0v) is 19.4. The molecule has 0 saturated heterocycles. The Kier molecular flexibility index (Phi) is 6.15. The van der Waals surface area contributed by atoms with Crippen LogP contribution in [0.15, 0.2) is 75.8 Å². The number of anilines is 1. The zero-order chi connectivity index (χ0) is 22.8. The van der Waals surface area contributed by atoms with Crippen molar-refractivity contribution in [1.82, 2.24) is 0 Å². The maximum absolute atomic E-state index is 13.4. The minimum atomic E-state index is -0.411. The molecule has 0 aliphatic rings. The highest BCUT2D eigenvalue weighted by Gasteiger charge is 2.19. The molecule has 162 valence electrons. The van der Waals surface area contributed by atoms with Crippen molar-refractivity contribution in [3.05, 3.63) is 88.4 Å². The Bertz CT molecular complexity index is 1360. The Balaban J connectivity index is 1.77. The van der Waals surface area contributed by atoms with E-state index in [2.05, 4.69) is 21.2 Å². The summed E-state index contributed by atoms with van der Waals surface area (Å²) in [5.41, 5.74) is 5.43. The zero-order valence-electron chi connectivity index (χ0n) is 17.8. The third-order valence-electron chi connectivity index (χ3n) is 5.25. The van der Waals surface area contributed by atoms with Crippen molar-refractivity contribution in [3.63, 3.8) is 0 Å². The number of methoxy groups -OCH3 is 1. The molecule has 1 heterocycles. The summed E-state index contributed by atoms with van der Waals surface area (Å²) in [5.74, 6) is -0.126. The molecule has 0 unspecified atom stereocenters. The molecule has 0 aliphatic heterocycles. The van der Waals surface area contributed by atoms with Gasteiger partial charge in [-0.1, -0.05) is 34.1 Å². The van der Waals surface area contributed by atoms with Gasteiger partial charge in [-0.2, -0.15) is 0 Å². The lowest BCUT2D eigenvalue weighted by molar-refractivity contribution is -0.111. The Morgan fingerprint density at radius 3 is 2.66 bits per heavy atom. The molecule has 6 heteroatoms. The molecule has 4 aromatic rings. The minimum absolute atomic E-state index is 0.354. The molecule has 32 heavy (non-hydrogen) atoms. The van der Waals surface area contributed by atoms with Crippen molar-refractivity contribution in [2.75, 3.05) is 12.4 Å². The van der Waals surface area contributed by atoms with E-state index in [1.54, 1.807) is 25.5 Å². The van der Waals surface area contributed by atoms with Gasteiger partial charge in [-0.05, 0) is 61.4 Å². The van der Waals surface area contributed by atoms with Crippen molar-refractivity contribution < 1.29 is 18.3 Å². The molecule has 4 nitrogen and oxygen atoms in total. The maximum Gasteiger partial charge on any atom is 0.248 e. The Labute approximate surface area is 193 Å². The summed E-state index contributed by atoms with van der Waals surface area (Å²) in [4.78, 5) is 12.6. The van der Waals surface area contributed by atoms with E-state index in [0.29, 0.717) is 17.0 Å². The van der Waals surface area contributed by atoms with Gasteiger partial charge in [-0.15, -0.1) is 0 Å².